The first kappa shape index (κ1) is 16.1. The second-order valence-electron chi connectivity index (χ2n) is 4.85. The lowest BCUT2D eigenvalue weighted by Gasteiger charge is -2.34. The highest BCUT2D eigenvalue weighted by Gasteiger charge is 2.39. The first-order valence-corrected chi connectivity index (χ1v) is 6.31. The van der Waals surface area contributed by atoms with Gasteiger partial charge in [-0.3, -0.25) is 4.90 Å². The Hall–Kier alpha value is -1.25. The van der Waals surface area contributed by atoms with Crippen molar-refractivity contribution >= 4 is 0 Å². The Balaban J connectivity index is 2.02. The summed E-state index contributed by atoms with van der Waals surface area (Å²) in [6.07, 6.45) is -7.79. The van der Waals surface area contributed by atoms with Gasteiger partial charge in [-0.1, -0.05) is 6.07 Å². The van der Waals surface area contributed by atoms with E-state index in [-0.39, 0.29) is 19.7 Å². The van der Waals surface area contributed by atoms with Crippen LogP contribution < -0.4 is 0 Å². The number of rotatable bonds is 3. The molecule has 118 valence electrons. The van der Waals surface area contributed by atoms with E-state index in [4.69, 9.17) is 9.84 Å². The van der Waals surface area contributed by atoms with Gasteiger partial charge in [0, 0.05) is 19.6 Å². The van der Waals surface area contributed by atoms with Crippen LogP contribution in [0.2, 0.25) is 0 Å². The molecule has 0 amide bonds. The zero-order chi connectivity index (χ0) is 15.6. The molecule has 0 spiro atoms. The van der Waals surface area contributed by atoms with E-state index in [2.05, 4.69) is 0 Å². The van der Waals surface area contributed by atoms with Crippen LogP contribution in [0.4, 0.5) is 22.0 Å². The van der Waals surface area contributed by atoms with Crippen molar-refractivity contribution in [2.75, 3.05) is 26.2 Å². The number of hydrogen-bond donors (Lipinski definition) is 1. The molecule has 2 unspecified atom stereocenters. The van der Waals surface area contributed by atoms with Crippen molar-refractivity contribution < 1.29 is 31.8 Å². The molecule has 2 atom stereocenters. The predicted octanol–water partition coefficient (Wildman–Crippen LogP) is 2.26. The number of alkyl halides is 3. The van der Waals surface area contributed by atoms with Gasteiger partial charge in [0.05, 0.1) is 12.7 Å². The molecule has 0 aliphatic carbocycles. The SMILES string of the molecule is OC(CN1CCOC(c2ccc(F)c(F)c2)C1)C(F)(F)F. The lowest BCUT2D eigenvalue weighted by Crippen LogP contribution is -2.46. The smallest absolute Gasteiger partial charge is 0.382 e. The number of aliphatic hydroxyl groups excluding tert-OH is 1. The summed E-state index contributed by atoms with van der Waals surface area (Å²) < 4.78 is 68.4. The highest BCUT2D eigenvalue weighted by molar-refractivity contribution is 5.21. The molecule has 0 radical (unpaired) electrons. The van der Waals surface area contributed by atoms with Gasteiger partial charge >= 0.3 is 6.18 Å². The van der Waals surface area contributed by atoms with Crippen molar-refractivity contribution in [2.24, 2.45) is 0 Å². The number of morpholine rings is 1. The van der Waals surface area contributed by atoms with Crippen LogP contribution in [-0.4, -0.2) is 48.5 Å². The molecule has 21 heavy (non-hydrogen) atoms. The van der Waals surface area contributed by atoms with Crippen molar-refractivity contribution in [1.29, 1.82) is 0 Å². The maximum atomic E-state index is 13.2. The molecule has 0 bridgehead atoms. The highest BCUT2D eigenvalue weighted by Crippen LogP contribution is 2.26. The fraction of sp³-hybridized carbons (Fsp3) is 0.538. The van der Waals surface area contributed by atoms with Crippen LogP contribution in [0.1, 0.15) is 11.7 Å². The van der Waals surface area contributed by atoms with Crippen LogP contribution in [0.3, 0.4) is 0 Å². The number of β-amino-alcohol motifs (C(OH)–C–C–N with tert-alkyl or cyclic N) is 1. The minimum atomic E-state index is -4.68. The molecule has 1 aromatic rings. The van der Waals surface area contributed by atoms with Gasteiger partial charge in [-0.05, 0) is 17.7 Å². The summed E-state index contributed by atoms with van der Waals surface area (Å²) in [6, 6.07) is 3.23. The Morgan fingerprint density at radius 1 is 1.29 bits per heavy atom. The molecular weight excluding hydrogens is 297 g/mol. The zero-order valence-corrected chi connectivity index (χ0v) is 10.9. The quantitative estimate of drug-likeness (QED) is 0.869. The van der Waals surface area contributed by atoms with Gasteiger partial charge in [-0.25, -0.2) is 8.78 Å². The van der Waals surface area contributed by atoms with Crippen molar-refractivity contribution in [2.45, 2.75) is 18.4 Å². The summed E-state index contributed by atoms with van der Waals surface area (Å²) in [6.45, 7) is -0.132. The third kappa shape index (κ3) is 4.12. The average molecular weight is 311 g/mol. The molecule has 1 aliphatic rings. The van der Waals surface area contributed by atoms with Crippen molar-refractivity contribution in [3.05, 3.63) is 35.4 Å². The number of halogens is 5. The van der Waals surface area contributed by atoms with E-state index in [1.165, 1.54) is 11.0 Å². The summed E-state index contributed by atoms with van der Waals surface area (Å²) in [5, 5.41) is 9.06. The minimum Gasteiger partial charge on any atom is -0.382 e. The van der Waals surface area contributed by atoms with E-state index in [0.717, 1.165) is 12.1 Å². The van der Waals surface area contributed by atoms with E-state index in [1.807, 2.05) is 0 Å². The Bertz CT molecular complexity index is 494. The van der Waals surface area contributed by atoms with E-state index in [9.17, 15) is 22.0 Å². The Morgan fingerprint density at radius 3 is 2.62 bits per heavy atom. The van der Waals surface area contributed by atoms with E-state index in [0.29, 0.717) is 5.56 Å². The first-order valence-electron chi connectivity index (χ1n) is 6.31. The number of aliphatic hydroxyl groups is 1. The fourth-order valence-electron chi connectivity index (χ4n) is 2.13. The molecule has 1 heterocycles. The molecule has 1 fully saturated rings. The molecule has 8 heteroatoms. The molecule has 0 saturated carbocycles. The summed E-state index contributed by atoms with van der Waals surface area (Å²) in [4.78, 5) is 1.38. The lowest BCUT2D eigenvalue weighted by atomic mass is 10.1. The second kappa shape index (κ2) is 6.25. The minimum absolute atomic E-state index is 0.0677. The van der Waals surface area contributed by atoms with Gasteiger partial charge in [0.2, 0.25) is 0 Å². The maximum Gasteiger partial charge on any atom is 0.415 e. The van der Waals surface area contributed by atoms with Crippen molar-refractivity contribution in [3.8, 4) is 0 Å². The Morgan fingerprint density at radius 2 is 2.00 bits per heavy atom. The second-order valence-corrected chi connectivity index (χ2v) is 4.85. The van der Waals surface area contributed by atoms with Crippen LogP contribution in [0.25, 0.3) is 0 Å². The average Bonchev–Trinajstić information content (AvgIpc) is 2.41. The van der Waals surface area contributed by atoms with Gasteiger partial charge in [-0.2, -0.15) is 13.2 Å². The molecule has 2 rings (SSSR count). The van der Waals surface area contributed by atoms with Crippen LogP contribution >= 0.6 is 0 Å². The number of benzene rings is 1. The summed E-state index contributed by atoms with van der Waals surface area (Å²) >= 11 is 0. The number of ether oxygens (including phenoxy) is 1. The third-order valence-electron chi connectivity index (χ3n) is 3.27. The highest BCUT2D eigenvalue weighted by atomic mass is 19.4. The molecule has 1 saturated heterocycles. The molecule has 1 aromatic carbocycles. The zero-order valence-electron chi connectivity index (χ0n) is 10.9. The van der Waals surface area contributed by atoms with E-state index >= 15 is 0 Å². The van der Waals surface area contributed by atoms with Crippen molar-refractivity contribution in [1.82, 2.24) is 4.90 Å². The van der Waals surface area contributed by atoms with E-state index in [1.54, 1.807) is 0 Å². The lowest BCUT2D eigenvalue weighted by molar-refractivity contribution is -0.211. The van der Waals surface area contributed by atoms with Gasteiger partial charge in [0.15, 0.2) is 17.7 Å². The predicted molar refractivity (Wildman–Crippen MR) is 63.6 cm³/mol. The van der Waals surface area contributed by atoms with Crippen LogP contribution in [0, 0.1) is 11.6 Å². The van der Waals surface area contributed by atoms with Gasteiger partial charge < -0.3 is 9.84 Å². The number of hydrogen-bond acceptors (Lipinski definition) is 3. The molecule has 0 aromatic heterocycles. The Labute approximate surface area is 117 Å². The van der Waals surface area contributed by atoms with Crippen LogP contribution in [0.5, 0.6) is 0 Å². The summed E-state index contributed by atoms with van der Waals surface area (Å²) in [7, 11) is 0. The molecular formula is C13H14F5NO2. The van der Waals surface area contributed by atoms with Gasteiger partial charge in [-0.15, -0.1) is 0 Å². The van der Waals surface area contributed by atoms with Crippen LogP contribution in [0.15, 0.2) is 18.2 Å². The Kier molecular flexibility index (Phi) is 4.80. The number of nitrogens with zero attached hydrogens (tertiary/aromatic N) is 1. The normalized spacial score (nSPS) is 22.3. The largest absolute Gasteiger partial charge is 0.415 e. The molecule has 1 aliphatic heterocycles. The summed E-state index contributed by atoms with van der Waals surface area (Å²) in [5.41, 5.74) is 0.347. The topological polar surface area (TPSA) is 32.7 Å². The monoisotopic (exact) mass is 311 g/mol. The van der Waals surface area contributed by atoms with Gasteiger partial charge in [0.25, 0.3) is 0 Å². The van der Waals surface area contributed by atoms with E-state index < -0.39 is 36.6 Å². The standard InChI is InChI=1S/C13H14F5NO2/c14-9-2-1-8(5-10(9)15)11-6-19(3-4-21-11)7-12(20)13(16,17)18/h1-2,5,11-12,20H,3-4,6-7H2. The first-order chi connectivity index (χ1) is 9.77. The maximum absolute atomic E-state index is 13.2. The molecule has 1 N–H and O–H groups in total. The van der Waals surface area contributed by atoms with Crippen molar-refractivity contribution in [3.63, 3.8) is 0 Å². The third-order valence-corrected chi connectivity index (χ3v) is 3.27. The van der Waals surface area contributed by atoms with Crippen LogP contribution in [-0.2, 0) is 4.74 Å². The fourth-order valence-corrected chi connectivity index (χ4v) is 2.13. The molecule has 3 nitrogen and oxygen atoms in total. The van der Waals surface area contributed by atoms with Gasteiger partial charge in [0.1, 0.15) is 0 Å². The summed E-state index contributed by atoms with van der Waals surface area (Å²) in [5.74, 6) is -2.04.